The van der Waals surface area contributed by atoms with Gasteiger partial charge >= 0.3 is 0 Å². The van der Waals surface area contributed by atoms with Gasteiger partial charge in [0.1, 0.15) is 0 Å². The zero-order chi connectivity index (χ0) is 24.7. The van der Waals surface area contributed by atoms with Crippen LogP contribution in [0.5, 0.6) is 0 Å². The van der Waals surface area contributed by atoms with Gasteiger partial charge in [0.25, 0.3) is 0 Å². The normalized spacial score (nSPS) is 10.7. The zero-order valence-electron chi connectivity index (χ0n) is 18.4. The van der Waals surface area contributed by atoms with E-state index in [9.17, 15) is 8.42 Å². The number of sulfone groups is 1. The number of para-hydroxylation sites is 2. The number of anilines is 4. The lowest BCUT2D eigenvalue weighted by Gasteiger charge is -2.12. The molecular weight excluding hydrogens is 497 g/mol. The molecule has 176 valence electrons. The monoisotopic (exact) mass is 518 g/mol. The summed E-state index contributed by atoms with van der Waals surface area (Å²) in [6.07, 6.45) is 0. The van der Waals surface area contributed by atoms with Crippen molar-refractivity contribution in [3.63, 3.8) is 0 Å². The molecule has 0 atom stereocenters. The van der Waals surface area contributed by atoms with Crippen LogP contribution in [-0.4, -0.2) is 18.6 Å². The van der Waals surface area contributed by atoms with Crippen molar-refractivity contribution in [1.82, 2.24) is 0 Å². The smallest absolute Gasteiger partial charge is 0.206 e. The molecule has 0 fully saturated rings. The van der Waals surface area contributed by atoms with Crippen molar-refractivity contribution in [2.75, 3.05) is 21.3 Å². The van der Waals surface area contributed by atoms with Crippen molar-refractivity contribution in [3.05, 3.63) is 109 Å². The first-order valence-corrected chi connectivity index (χ1v) is 12.9. The molecule has 9 heteroatoms. The van der Waals surface area contributed by atoms with Crippen molar-refractivity contribution in [2.24, 2.45) is 0 Å². The first-order valence-electron chi connectivity index (χ1n) is 10.6. The van der Waals surface area contributed by atoms with E-state index in [0.717, 1.165) is 11.4 Å². The fourth-order valence-corrected chi connectivity index (χ4v) is 4.93. The molecular formula is C26H22N4O2S3. The molecule has 4 rings (SSSR count). The van der Waals surface area contributed by atoms with E-state index in [4.69, 9.17) is 24.4 Å². The molecule has 0 aliphatic carbocycles. The van der Waals surface area contributed by atoms with Gasteiger partial charge in [-0.15, -0.1) is 0 Å². The van der Waals surface area contributed by atoms with E-state index in [1.165, 1.54) is 0 Å². The van der Waals surface area contributed by atoms with Gasteiger partial charge in [-0.2, -0.15) is 0 Å². The molecule has 0 saturated carbocycles. The molecule has 4 aromatic carbocycles. The maximum absolute atomic E-state index is 13.1. The Morgan fingerprint density at radius 3 is 1.06 bits per heavy atom. The third kappa shape index (κ3) is 6.63. The van der Waals surface area contributed by atoms with Crippen molar-refractivity contribution in [1.29, 1.82) is 0 Å². The van der Waals surface area contributed by atoms with Crippen LogP contribution < -0.4 is 21.3 Å². The van der Waals surface area contributed by atoms with E-state index in [1.54, 1.807) is 48.5 Å². The Hall–Kier alpha value is -3.79. The molecule has 35 heavy (non-hydrogen) atoms. The second-order valence-electron chi connectivity index (χ2n) is 7.44. The summed E-state index contributed by atoms with van der Waals surface area (Å²) in [7, 11) is -3.68. The largest absolute Gasteiger partial charge is 0.332 e. The molecule has 0 radical (unpaired) electrons. The summed E-state index contributed by atoms with van der Waals surface area (Å²) in [6, 6.07) is 32.0. The highest BCUT2D eigenvalue weighted by Gasteiger charge is 2.17. The lowest BCUT2D eigenvalue weighted by Crippen LogP contribution is -2.19. The van der Waals surface area contributed by atoms with Crippen molar-refractivity contribution < 1.29 is 8.42 Å². The van der Waals surface area contributed by atoms with E-state index in [1.807, 2.05) is 60.7 Å². The van der Waals surface area contributed by atoms with Crippen LogP contribution in [0.4, 0.5) is 22.7 Å². The molecule has 0 bridgehead atoms. The Morgan fingerprint density at radius 1 is 0.457 bits per heavy atom. The highest BCUT2D eigenvalue weighted by atomic mass is 32.2. The molecule has 0 spiro atoms. The minimum absolute atomic E-state index is 0.187. The maximum atomic E-state index is 13.1. The average molecular weight is 519 g/mol. The van der Waals surface area contributed by atoms with Crippen LogP contribution in [0.1, 0.15) is 0 Å². The molecule has 4 N–H and O–H groups in total. The van der Waals surface area contributed by atoms with Gasteiger partial charge in [-0.25, -0.2) is 8.42 Å². The molecule has 0 aliphatic heterocycles. The summed E-state index contributed by atoms with van der Waals surface area (Å²) in [6.45, 7) is 0. The second kappa shape index (κ2) is 11.1. The van der Waals surface area contributed by atoms with Crippen LogP contribution in [0.15, 0.2) is 119 Å². The molecule has 0 heterocycles. The van der Waals surface area contributed by atoms with E-state index in [-0.39, 0.29) is 9.79 Å². The molecule has 0 aliphatic rings. The first-order chi connectivity index (χ1) is 16.9. The predicted molar refractivity (Wildman–Crippen MR) is 151 cm³/mol. The van der Waals surface area contributed by atoms with Gasteiger partial charge in [-0.3, -0.25) is 0 Å². The molecule has 0 saturated heterocycles. The van der Waals surface area contributed by atoms with Crippen LogP contribution in [0.3, 0.4) is 0 Å². The predicted octanol–water partition coefficient (Wildman–Crippen LogP) is 6.14. The maximum Gasteiger partial charge on any atom is 0.206 e. The standard InChI is InChI=1S/C26H22N4O2S3/c31-35(32,23-15-11-21(12-16-23)29-25(33)27-19-7-3-1-4-8-19)24-17-13-22(14-18-24)30-26(34)28-20-9-5-2-6-10-20/h1-18H,(H2,27,29,33)(H2,28,30,34). The molecule has 0 aromatic heterocycles. The van der Waals surface area contributed by atoms with Gasteiger partial charge in [0, 0.05) is 22.7 Å². The minimum Gasteiger partial charge on any atom is -0.332 e. The van der Waals surface area contributed by atoms with E-state index in [0.29, 0.717) is 21.6 Å². The molecule has 6 nitrogen and oxygen atoms in total. The van der Waals surface area contributed by atoms with Gasteiger partial charge in [0.05, 0.1) is 9.79 Å². The first kappa shape index (κ1) is 24.3. The van der Waals surface area contributed by atoms with Crippen LogP contribution >= 0.6 is 24.4 Å². The quantitative estimate of drug-likeness (QED) is 0.227. The summed E-state index contributed by atoms with van der Waals surface area (Å²) in [4.78, 5) is 0.374. The highest BCUT2D eigenvalue weighted by Crippen LogP contribution is 2.24. The van der Waals surface area contributed by atoms with Crippen molar-refractivity contribution >= 4 is 67.2 Å². The van der Waals surface area contributed by atoms with Gasteiger partial charge in [-0.1, -0.05) is 36.4 Å². The summed E-state index contributed by atoms with van der Waals surface area (Å²) in [5.74, 6) is 0. The Labute approximate surface area is 215 Å². The SMILES string of the molecule is O=S(=O)(c1ccc(NC(=S)Nc2ccccc2)cc1)c1ccc(NC(=S)Nc2ccccc2)cc1. The van der Waals surface area contributed by atoms with E-state index >= 15 is 0 Å². The second-order valence-corrected chi connectivity index (χ2v) is 10.2. The number of benzene rings is 4. The summed E-state index contributed by atoms with van der Waals surface area (Å²) < 4.78 is 26.1. The lowest BCUT2D eigenvalue weighted by molar-refractivity contribution is 0.596. The average Bonchev–Trinajstić information content (AvgIpc) is 2.86. The van der Waals surface area contributed by atoms with Crippen molar-refractivity contribution in [2.45, 2.75) is 9.79 Å². The molecule has 4 aromatic rings. The third-order valence-corrected chi connectivity index (χ3v) is 7.10. The van der Waals surface area contributed by atoms with Crippen LogP contribution in [0.2, 0.25) is 0 Å². The zero-order valence-corrected chi connectivity index (χ0v) is 20.9. The third-order valence-electron chi connectivity index (χ3n) is 4.91. The highest BCUT2D eigenvalue weighted by molar-refractivity contribution is 7.91. The van der Waals surface area contributed by atoms with E-state index in [2.05, 4.69) is 21.3 Å². The van der Waals surface area contributed by atoms with Gasteiger partial charge in [0.15, 0.2) is 10.2 Å². The lowest BCUT2D eigenvalue weighted by atomic mass is 10.3. The van der Waals surface area contributed by atoms with Crippen LogP contribution in [0.25, 0.3) is 0 Å². The number of hydrogen-bond donors (Lipinski definition) is 4. The summed E-state index contributed by atoms with van der Waals surface area (Å²) in [5.41, 5.74) is 3.07. The number of hydrogen-bond acceptors (Lipinski definition) is 4. The number of nitrogens with one attached hydrogen (secondary N) is 4. The fraction of sp³-hybridized carbons (Fsp3) is 0. The van der Waals surface area contributed by atoms with Crippen LogP contribution in [0, 0.1) is 0 Å². The summed E-state index contributed by atoms with van der Waals surface area (Å²) >= 11 is 10.6. The molecule has 0 amide bonds. The van der Waals surface area contributed by atoms with Crippen molar-refractivity contribution in [3.8, 4) is 0 Å². The topological polar surface area (TPSA) is 82.3 Å². The fourth-order valence-electron chi connectivity index (χ4n) is 3.20. The van der Waals surface area contributed by atoms with Gasteiger partial charge < -0.3 is 21.3 Å². The van der Waals surface area contributed by atoms with E-state index < -0.39 is 9.84 Å². The summed E-state index contributed by atoms with van der Waals surface area (Å²) in [5, 5.41) is 13.1. The Morgan fingerprint density at radius 2 is 0.743 bits per heavy atom. The number of rotatable bonds is 6. The molecule has 0 unspecified atom stereocenters. The Kier molecular flexibility index (Phi) is 7.71. The Bertz CT molecular complexity index is 1300. The Balaban J connectivity index is 1.38. The van der Waals surface area contributed by atoms with Crippen LogP contribution in [-0.2, 0) is 9.84 Å². The van der Waals surface area contributed by atoms with Gasteiger partial charge in [-0.05, 0) is 97.2 Å². The number of thiocarbonyl (C=S) groups is 2. The van der Waals surface area contributed by atoms with Gasteiger partial charge in [0.2, 0.25) is 9.84 Å². The minimum atomic E-state index is -3.68.